The number of nitrogens with two attached hydrogens (primary N) is 1. The molecule has 2 fully saturated rings. The average molecular weight is 224 g/mol. The number of rotatable bonds is 5. The standard InChI is InChI=1S/C13H24N2O/c1-8(2)11(6-7-14)15-13(16)12-9-4-3-5-10(9)12/h8-12H,3-7,14H2,1-2H3,(H,15,16). The summed E-state index contributed by atoms with van der Waals surface area (Å²) in [5, 5.41) is 3.19. The van der Waals surface area contributed by atoms with Crippen LogP contribution in [0.25, 0.3) is 0 Å². The Hall–Kier alpha value is -0.570. The van der Waals surface area contributed by atoms with Crippen molar-refractivity contribution in [1.82, 2.24) is 5.32 Å². The first kappa shape index (κ1) is 11.9. The molecule has 0 aromatic carbocycles. The van der Waals surface area contributed by atoms with Gasteiger partial charge in [-0.25, -0.2) is 0 Å². The average Bonchev–Trinajstić information content (AvgIpc) is 2.72. The van der Waals surface area contributed by atoms with Gasteiger partial charge >= 0.3 is 0 Å². The summed E-state index contributed by atoms with van der Waals surface area (Å²) in [4.78, 5) is 12.1. The van der Waals surface area contributed by atoms with E-state index >= 15 is 0 Å². The van der Waals surface area contributed by atoms with Crippen molar-refractivity contribution in [3.8, 4) is 0 Å². The van der Waals surface area contributed by atoms with Crippen LogP contribution < -0.4 is 11.1 Å². The Balaban J connectivity index is 1.82. The number of fused-ring (bicyclic) bond motifs is 1. The maximum atomic E-state index is 12.1. The second-order valence-corrected chi connectivity index (χ2v) is 5.72. The summed E-state index contributed by atoms with van der Waals surface area (Å²) in [6.07, 6.45) is 4.76. The van der Waals surface area contributed by atoms with Gasteiger partial charge in [0, 0.05) is 12.0 Å². The van der Waals surface area contributed by atoms with Crippen LogP contribution in [0.15, 0.2) is 0 Å². The summed E-state index contributed by atoms with van der Waals surface area (Å²) < 4.78 is 0. The minimum absolute atomic E-state index is 0.263. The molecule has 2 saturated carbocycles. The van der Waals surface area contributed by atoms with Gasteiger partial charge in [0.2, 0.25) is 5.91 Å². The van der Waals surface area contributed by atoms with Crippen LogP contribution in [0.1, 0.15) is 39.5 Å². The summed E-state index contributed by atoms with van der Waals surface area (Å²) in [6.45, 7) is 4.95. The van der Waals surface area contributed by atoms with Gasteiger partial charge in [0.25, 0.3) is 0 Å². The SMILES string of the molecule is CC(C)C(CCN)NC(=O)C1C2CCCC21. The number of amides is 1. The maximum Gasteiger partial charge on any atom is 0.223 e. The van der Waals surface area contributed by atoms with E-state index in [1.54, 1.807) is 0 Å². The molecule has 0 spiro atoms. The Bertz CT molecular complexity index is 255. The Morgan fingerprint density at radius 3 is 2.50 bits per heavy atom. The lowest BCUT2D eigenvalue weighted by Crippen LogP contribution is -2.41. The Labute approximate surface area is 98.2 Å². The van der Waals surface area contributed by atoms with E-state index in [-0.39, 0.29) is 6.04 Å². The van der Waals surface area contributed by atoms with Crippen LogP contribution in [-0.4, -0.2) is 18.5 Å². The highest BCUT2D eigenvalue weighted by Crippen LogP contribution is 2.57. The Morgan fingerprint density at radius 1 is 1.38 bits per heavy atom. The molecule has 3 nitrogen and oxygen atoms in total. The van der Waals surface area contributed by atoms with Gasteiger partial charge in [-0.3, -0.25) is 4.79 Å². The van der Waals surface area contributed by atoms with E-state index in [0.29, 0.717) is 36.1 Å². The van der Waals surface area contributed by atoms with Gasteiger partial charge in [0.15, 0.2) is 0 Å². The van der Waals surface area contributed by atoms with E-state index in [9.17, 15) is 4.79 Å². The van der Waals surface area contributed by atoms with Crippen molar-refractivity contribution in [2.24, 2.45) is 29.4 Å². The Morgan fingerprint density at radius 2 is 2.00 bits per heavy atom. The predicted octanol–water partition coefficient (Wildman–Crippen LogP) is 1.52. The lowest BCUT2D eigenvalue weighted by atomic mass is 10.0. The highest BCUT2D eigenvalue weighted by molar-refractivity contribution is 5.82. The molecule has 16 heavy (non-hydrogen) atoms. The van der Waals surface area contributed by atoms with Crippen LogP contribution in [0.5, 0.6) is 0 Å². The van der Waals surface area contributed by atoms with E-state index in [4.69, 9.17) is 5.73 Å². The minimum Gasteiger partial charge on any atom is -0.353 e. The number of hydrogen-bond donors (Lipinski definition) is 2. The van der Waals surface area contributed by atoms with Crippen molar-refractivity contribution < 1.29 is 4.79 Å². The summed E-state index contributed by atoms with van der Waals surface area (Å²) >= 11 is 0. The quantitative estimate of drug-likeness (QED) is 0.744. The number of nitrogens with one attached hydrogen (secondary N) is 1. The first-order chi connectivity index (χ1) is 7.65. The first-order valence-electron chi connectivity index (χ1n) is 6.65. The van der Waals surface area contributed by atoms with Gasteiger partial charge in [0.1, 0.15) is 0 Å². The van der Waals surface area contributed by atoms with Crippen LogP contribution in [0.4, 0.5) is 0 Å². The van der Waals surface area contributed by atoms with Crippen molar-refractivity contribution >= 4 is 5.91 Å². The predicted molar refractivity (Wildman–Crippen MR) is 64.8 cm³/mol. The second-order valence-electron chi connectivity index (χ2n) is 5.72. The van der Waals surface area contributed by atoms with Crippen LogP contribution >= 0.6 is 0 Å². The van der Waals surface area contributed by atoms with Gasteiger partial charge < -0.3 is 11.1 Å². The lowest BCUT2D eigenvalue weighted by Gasteiger charge is -2.22. The molecule has 1 amide bonds. The molecule has 3 N–H and O–H groups in total. The fourth-order valence-corrected chi connectivity index (χ4v) is 3.24. The molecule has 0 heterocycles. The van der Waals surface area contributed by atoms with Crippen molar-refractivity contribution in [1.29, 1.82) is 0 Å². The number of carbonyl (C=O) groups excluding carboxylic acids is 1. The van der Waals surface area contributed by atoms with E-state index in [0.717, 1.165) is 6.42 Å². The van der Waals surface area contributed by atoms with Crippen LogP contribution in [0, 0.1) is 23.7 Å². The summed E-state index contributed by atoms with van der Waals surface area (Å²) in [5.74, 6) is 2.54. The molecule has 0 saturated heterocycles. The molecule has 2 rings (SSSR count). The zero-order chi connectivity index (χ0) is 11.7. The van der Waals surface area contributed by atoms with E-state index in [2.05, 4.69) is 19.2 Å². The molecular formula is C13H24N2O. The second kappa shape index (κ2) is 4.74. The highest BCUT2D eigenvalue weighted by Gasteiger charge is 2.56. The molecule has 2 aliphatic carbocycles. The summed E-state index contributed by atoms with van der Waals surface area (Å²) in [7, 11) is 0. The van der Waals surface area contributed by atoms with Gasteiger partial charge in [-0.1, -0.05) is 20.3 Å². The molecule has 0 radical (unpaired) electrons. The minimum atomic E-state index is 0.263. The van der Waals surface area contributed by atoms with E-state index in [1.807, 2.05) is 0 Å². The molecule has 0 aromatic rings. The zero-order valence-corrected chi connectivity index (χ0v) is 10.4. The first-order valence-corrected chi connectivity index (χ1v) is 6.65. The summed E-state index contributed by atoms with van der Waals surface area (Å²) in [6, 6.07) is 0.263. The topological polar surface area (TPSA) is 55.1 Å². The van der Waals surface area contributed by atoms with Crippen LogP contribution in [-0.2, 0) is 4.79 Å². The van der Waals surface area contributed by atoms with Crippen molar-refractivity contribution in [3.63, 3.8) is 0 Å². The van der Waals surface area contributed by atoms with Crippen molar-refractivity contribution in [2.45, 2.75) is 45.6 Å². The fourth-order valence-electron chi connectivity index (χ4n) is 3.24. The fraction of sp³-hybridized carbons (Fsp3) is 0.923. The monoisotopic (exact) mass is 224 g/mol. The van der Waals surface area contributed by atoms with E-state index < -0.39 is 0 Å². The van der Waals surface area contributed by atoms with Gasteiger partial charge in [-0.05, 0) is 43.6 Å². The molecule has 92 valence electrons. The third-order valence-corrected chi connectivity index (χ3v) is 4.32. The highest BCUT2D eigenvalue weighted by atomic mass is 16.2. The normalized spacial score (nSPS) is 33.6. The molecule has 0 bridgehead atoms. The maximum absolute atomic E-state index is 12.1. The molecule has 3 atom stereocenters. The number of carbonyl (C=O) groups is 1. The lowest BCUT2D eigenvalue weighted by molar-refractivity contribution is -0.124. The molecule has 0 aliphatic heterocycles. The molecule has 2 aliphatic rings. The molecule has 3 unspecified atom stereocenters. The number of hydrogen-bond acceptors (Lipinski definition) is 2. The smallest absolute Gasteiger partial charge is 0.223 e. The van der Waals surface area contributed by atoms with Crippen molar-refractivity contribution in [3.05, 3.63) is 0 Å². The largest absolute Gasteiger partial charge is 0.353 e. The Kier molecular flexibility index (Phi) is 3.53. The van der Waals surface area contributed by atoms with Gasteiger partial charge in [-0.2, -0.15) is 0 Å². The molecular weight excluding hydrogens is 200 g/mol. The zero-order valence-electron chi connectivity index (χ0n) is 10.4. The van der Waals surface area contributed by atoms with Gasteiger partial charge in [-0.15, -0.1) is 0 Å². The third-order valence-electron chi connectivity index (χ3n) is 4.32. The molecule has 0 aromatic heterocycles. The van der Waals surface area contributed by atoms with Crippen LogP contribution in [0.3, 0.4) is 0 Å². The third kappa shape index (κ3) is 2.24. The van der Waals surface area contributed by atoms with Crippen molar-refractivity contribution in [2.75, 3.05) is 6.54 Å². The van der Waals surface area contributed by atoms with Crippen LogP contribution in [0.2, 0.25) is 0 Å². The van der Waals surface area contributed by atoms with E-state index in [1.165, 1.54) is 19.3 Å². The molecule has 3 heteroatoms. The summed E-state index contributed by atoms with van der Waals surface area (Å²) in [5.41, 5.74) is 5.58. The van der Waals surface area contributed by atoms with Gasteiger partial charge in [0.05, 0.1) is 0 Å².